The molecule has 0 radical (unpaired) electrons. The molecule has 1 fully saturated rings. The van der Waals surface area contributed by atoms with Gasteiger partial charge in [0.1, 0.15) is 11.9 Å². The maximum Gasteiger partial charge on any atom is 0.125 e. The molecule has 1 heterocycles. The third-order valence-electron chi connectivity index (χ3n) is 4.51. The highest BCUT2D eigenvalue weighted by Gasteiger charge is 2.34. The lowest BCUT2D eigenvalue weighted by atomic mass is 9.77. The summed E-state index contributed by atoms with van der Waals surface area (Å²) in [6.07, 6.45) is 5.78. The summed E-state index contributed by atoms with van der Waals surface area (Å²) in [5, 5.41) is 10.2. The number of para-hydroxylation sites is 1. The van der Waals surface area contributed by atoms with E-state index in [9.17, 15) is 5.11 Å². The molecule has 1 aromatic carbocycles. The van der Waals surface area contributed by atoms with Crippen LogP contribution >= 0.6 is 0 Å². The second-order valence-corrected chi connectivity index (χ2v) is 5.98. The van der Waals surface area contributed by atoms with Crippen LogP contribution in [0.2, 0.25) is 0 Å². The van der Waals surface area contributed by atoms with Gasteiger partial charge in [-0.05, 0) is 30.7 Å². The predicted octanol–water partition coefficient (Wildman–Crippen LogP) is 3.70. The Kier molecular flexibility index (Phi) is 3.29. The van der Waals surface area contributed by atoms with E-state index in [4.69, 9.17) is 4.74 Å². The van der Waals surface area contributed by atoms with Gasteiger partial charge in [-0.15, -0.1) is 0 Å². The van der Waals surface area contributed by atoms with Gasteiger partial charge in [-0.25, -0.2) is 0 Å². The Morgan fingerprint density at radius 2 is 2.00 bits per heavy atom. The molecule has 3 rings (SSSR count). The molecule has 2 heteroatoms. The first-order chi connectivity index (χ1) is 8.74. The number of aliphatic hydroxyl groups is 1. The molecule has 98 valence electrons. The minimum Gasteiger partial charge on any atom is -0.490 e. The van der Waals surface area contributed by atoms with Gasteiger partial charge in [0.2, 0.25) is 0 Å². The summed E-state index contributed by atoms with van der Waals surface area (Å²) in [7, 11) is 0. The number of ether oxygens (including phenoxy) is 1. The first-order valence-electron chi connectivity index (χ1n) is 7.17. The van der Waals surface area contributed by atoms with Crippen molar-refractivity contribution in [2.24, 2.45) is 11.8 Å². The standard InChI is InChI=1S/C16H22O2/c1-11-5-4-6-12(9-11)16-10-14(17)13-7-2-3-8-15(13)18-16/h2-3,7-8,11-12,14,16-17H,4-6,9-10H2,1H3. The molecular formula is C16H22O2. The quantitative estimate of drug-likeness (QED) is 0.818. The normalized spacial score (nSPS) is 35.7. The molecule has 2 nitrogen and oxygen atoms in total. The number of hydrogen-bond acceptors (Lipinski definition) is 2. The lowest BCUT2D eigenvalue weighted by Gasteiger charge is -2.37. The van der Waals surface area contributed by atoms with Gasteiger partial charge in [0.15, 0.2) is 0 Å². The molecule has 0 aromatic heterocycles. The SMILES string of the molecule is CC1CCCC(C2CC(O)c3ccccc3O2)C1. The summed E-state index contributed by atoms with van der Waals surface area (Å²) in [4.78, 5) is 0. The van der Waals surface area contributed by atoms with Crippen LogP contribution in [0.5, 0.6) is 5.75 Å². The van der Waals surface area contributed by atoms with E-state index >= 15 is 0 Å². The first-order valence-corrected chi connectivity index (χ1v) is 7.17. The van der Waals surface area contributed by atoms with Gasteiger partial charge in [-0.3, -0.25) is 0 Å². The average molecular weight is 246 g/mol. The Bertz CT molecular complexity index is 415. The Hall–Kier alpha value is -1.02. The molecule has 0 spiro atoms. The van der Waals surface area contributed by atoms with E-state index in [1.54, 1.807) is 0 Å². The average Bonchev–Trinajstić information content (AvgIpc) is 2.39. The summed E-state index contributed by atoms with van der Waals surface area (Å²) in [6, 6.07) is 7.91. The number of hydrogen-bond donors (Lipinski definition) is 1. The van der Waals surface area contributed by atoms with Crippen molar-refractivity contribution < 1.29 is 9.84 Å². The highest BCUT2D eigenvalue weighted by Crippen LogP contribution is 2.41. The van der Waals surface area contributed by atoms with E-state index in [1.807, 2.05) is 24.3 Å². The molecule has 0 amide bonds. The molecule has 1 aliphatic heterocycles. The molecule has 4 atom stereocenters. The fourth-order valence-corrected chi connectivity index (χ4v) is 3.53. The van der Waals surface area contributed by atoms with Gasteiger partial charge >= 0.3 is 0 Å². The molecule has 1 aromatic rings. The van der Waals surface area contributed by atoms with Crippen molar-refractivity contribution in [3.05, 3.63) is 29.8 Å². The van der Waals surface area contributed by atoms with Crippen LogP contribution in [0, 0.1) is 11.8 Å². The molecule has 4 unspecified atom stereocenters. The third-order valence-corrected chi connectivity index (χ3v) is 4.51. The summed E-state index contributed by atoms with van der Waals surface area (Å²) in [5.41, 5.74) is 0.956. The zero-order valence-electron chi connectivity index (χ0n) is 11.0. The van der Waals surface area contributed by atoms with Crippen molar-refractivity contribution >= 4 is 0 Å². The zero-order valence-corrected chi connectivity index (χ0v) is 11.0. The van der Waals surface area contributed by atoms with Crippen LogP contribution in [0.3, 0.4) is 0 Å². The van der Waals surface area contributed by atoms with E-state index in [-0.39, 0.29) is 12.2 Å². The number of rotatable bonds is 1. The number of benzene rings is 1. The molecule has 0 saturated heterocycles. The van der Waals surface area contributed by atoms with Gasteiger partial charge in [-0.1, -0.05) is 38.0 Å². The topological polar surface area (TPSA) is 29.5 Å². The Balaban J connectivity index is 1.77. The maximum atomic E-state index is 10.2. The van der Waals surface area contributed by atoms with E-state index in [0.717, 1.165) is 23.7 Å². The van der Waals surface area contributed by atoms with E-state index in [1.165, 1.54) is 25.7 Å². The van der Waals surface area contributed by atoms with Crippen molar-refractivity contribution in [1.29, 1.82) is 0 Å². The van der Waals surface area contributed by atoms with Crippen molar-refractivity contribution in [1.82, 2.24) is 0 Å². The van der Waals surface area contributed by atoms with Crippen LogP contribution in [0.15, 0.2) is 24.3 Å². The van der Waals surface area contributed by atoms with E-state index < -0.39 is 0 Å². The molecule has 1 aliphatic carbocycles. The minimum atomic E-state index is -0.350. The molecular weight excluding hydrogens is 224 g/mol. The fraction of sp³-hybridized carbons (Fsp3) is 0.625. The van der Waals surface area contributed by atoms with E-state index in [0.29, 0.717) is 5.92 Å². The lowest BCUT2D eigenvalue weighted by Crippen LogP contribution is -2.35. The molecule has 2 aliphatic rings. The van der Waals surface area contributed by atoms with Crippen molar-refractivity contribution in [2.75, 3.05) is 0 Å². The van der Waals surface area contributed by atoms with Gasteiger partial charge in [0.25, 0.3) is 0 Å². The summed E-state index contributed by atoms with van der Waals surface area (Å²) < 4.78 is 6.13. The molecule has 0 bridgehead atoms. The highest BCUT2D eigenvalue weighted by molar-refractivity contribution is 5.37. The zero-order chi connectivity index (χ0) is 12.5. The first kappa shape index (κ1) is 12.0. The van der Waals surface area contributed by atoms with Gasteiger partial charge in [-0.2, -0.15) is 0 Å². The maximum absolute atomic E-state index is 10.2. The second-order valence-electron chi connectivity index (χ2n) is 5.98. The number of aliphatic hydroxyl groups excluding tert-OH is 1. The van der Waals surface area contributed by atoms with Crippen LogP contribution in [0.1, 0.15) is 50.7 Å². The van der Waals surface area contributed by atoms with Crippen molar-refractivity contribution in [3.8, 4) is 5.75 Å². The van der Waals surface area contributed by atoms with E-state index in [2.05, 4.69) is 6.92 Å². The van der Waals surface area contributed by atoms with Gasteiger partial charge in [0, 0.05) is 12.0 Å². The molecule has 18 heavy (non-hydrogen) atoms. The van der Waals surface area contributed by atoms with Crippen molar-refractivity contribution in [2.45, 2.75) is 51.2 Å². The molecule has 1 saturated carbocycles. The molecule has 1 N–H and O–H groups in total. The monoisotopic (exact) mass is 246 g/mol. The van der Waals surface area contributed by atoms with Crippen LogP contribution in [0.25, 0.3) is 0 Å². The fourth-order valence-electron chi connectivity index (χ4n) is 3.53. The van der Waals surface area contributed by atoms with Crippen molar-refractivity contribution in [3.63, 3.8) is 0 Å². The highest BCUT2D eigenvalue weighted by atomic mass is 16.5. The largest absolute Gasteiger partial charge is 0.490 e. The Morgan fingerprint density at radius 1 is 1.17 bits per heavy atom. The smallest absolute Gasteiger partial charge is 0.125 e. The Labute approximate surface area is 109 Å². The van der Waals surface area contributed by atoms with Crippen LogP contribution in [-0.2, 0) is 0 Å². The van der Waals surface area contributed by atoms with Crippen LogP contribution in [-0.4, -0.2) is 11.2 Å². The Morgan fingerprint density at radius 3 is 2.83 bits per heavy atom. The summed E-state index contributed by atoms with van der Waals surface area (Å²) in [6.45, 7) is 2.33. The van der Waals surface area contributed by atoms with Crippen LogP contribution < -0.4 is 4.74 Å². The van der Waals surface area contributed by atoms with Gasteiger partial charge < -0.3 is 9.84 Å². The summed E-state index contributed by atoms with van der Waals surface area (Å²) in [5.74, 6) is 2.32. The second kappa shape index (κ2) is 4.93. The minimum absolute atomic E-state index is 0.206. The third kappa shape index (κ3) is 2.26. The predicted molar refractivity (Wildman–Crippen MR) is 71.6 cm³/mol. The lowest BCUT2D eigenvalue weighted by molar-refractivity contribution is 0.0172. The van der Waals surface area contributed by atoms with Gasteiger partial charge in [0.05, 0.1) is 6.10 Å². The van der Waals surface area contributed by atoms with Crippen LogP contribution in [0.4, 0.5) is 0 Å². The summed E-state index contributed by atoms with van der Waals surface area (Å²) >= 11 is 0. The number of fused-ring (bicyclic) bond motifs is 1.